The number of likely N-dealkylation sites (tertiary alicyclic amines) is 1. The summed E-state index contributed by atoms with van der Waals surface area (Å²) in [7, 11) is 1.88. The van der Waals surface area contributed by atoms with Gasteiger partial charge in [0.2, 0.25) is 5.91 Å². The van der Waals surface area contributed by atoms with Crippen LogP contribution in [0.2, 0.25) is 0 Å². The molecule has 0 saturated carbocycles. The van der Waals surface area contributed by atoms with Gasteiger partial charge in [0.1, 0.15) is 5.82 Å². The van der Waals surface area contributed by atoms with E-state index >= 15 is 0 Å². The van der Waals surface area contributed by atoms with Gasteiger partial charge in [-0.1, -0.05) is 12.1 Å². The third-order valence-electron chi connectivity index (χ3n) is 5.28. The van der Waals surface area contributed by atoms with Crippen LogP contribution in [0.25, 0.3) is 0 Å². The van der Waals surface area contributed by atoms with Crippen molar-refractivity contribution < 1.29 is 13.9 Å². The molecule has 1 aromatic carbocycles. The topological polar surface area (TPSA) is 32.8 Å². The molecule has 5 heteroatoms. The fraction of sp³-hybridized carbons (Fsp3) is 0.632. The van der Waals surface area contributed by atoms with Crippen molar-refractivity contribution in [1.82, 2.24) is 9.80 Å². The zero-order valence-electron chi connectivity index (χ0n) is 14.4. The number of ether oxygens (including phenoxy) is 1. The van der Waals surface area contributed by atoms with Crippen LogP contribution in [0.1, 0.15) is 24.8 Å². The van der Waals surface area contributed by atoms with Crippen LogP contribution in [0.3, 0.4) is 0 Å². The molecule has 24 heavy (non-hydrogen) atoms. The number of nitrogens with zero attached hydrogens (tertiary/aromatic N) is 2. The molecule has 2 aliphatic rings. The number of piperidine rings is 1. The van der Waals surface area contributed by atoms with Gasteiger partial charge in [0, 0.05) is 39.3 Å². The summed E-state index contributed by atoms with van der Waals surface area (Å²) in [5.41, 5.74) is 0.741. The first-order chi connectivity index (χ1) is 11.6. The minimum absolute atomic E-state index is 0.0724. The van der Waals surface area contributed by atoms with Gasteiger partial charge in [-0.15, -0.1) is 0 Å². The largest absolute Gasteiger partial charge is 0.381 e. The van der Waals surface area contributed by atoms with Crippen molar-refractivity contribution in [3.8, 4) is 0 Å². The second-order valence-electron chi connectivity index (χ2n) is 7.07. The molecule has 2 saturated heterocycles. The zero-order valence-corrected chi connectivity index (χ0v) is 14.4. The lowest BCUT2D eigenvalue weighted by Crippen LogP contribution is -2.47. The normalized spacial score (nSPS) is 22.7. The van der Waals surface area contributed by atoms with Crippen LogP contribution in [-0.4, -0.2) is 61.6 Å². The third-order valence-corrected chi connectivity index (χ3v) is 5.28. The molecule has 1 aromatic rings. The van der Waals surface area contributed by atoms with Crippen molar-refractivity contribution in [3.63, 3.8) is 0 Å². The summed E-state index contributed by atoms with van der Waals surface area (Å²) in [6.45, 7) is 5.00. The van der Waals surface area contributed by atoms with E-state index in [2.05, 4.69) is 4.90 Å². The van der Waals surface area contributed by atoms with Crippen molar-refractivity contribution in [1.29, 1.82) is 0 Å². The van der Waals surface area contributed by atoms with Crippen molar-refractivity contribution in [3.05, 3.63) is 35.6 Å². The standard InChI is InChI=1S/C19H27FN2O2/c1-21(19(23)12-15-3-2-4-17(20)11-15)18-5-8-22(9-6-18)13-16-7-10-24-14-16/h2-4,11,16,18H,5-10,12-14H2,1H3. The Morgan fingerprint density at radius 1 is 1.33 bits per heavy atom. The molecule has 0 aromatic heterocycles. The fourth-order valence-electron chi connectivity index (χ4n) is 3.73. The number of likely N-dealkylation sites (N-methyl/N-ethyl adjacent to an activating group) is 1. The Morgan fingerprint density at radius 2 is 2.12 bits per heavy atom. The van der Waals surface area contributed by atoms with E-state index in [1.54, 1.807) is 12.1 Å². The van der Waals surface area contributed by atoms with E-state index in [1.807, 2.05) is 11.9 Å². The van der Waals surface area contributed by atoms with Crippen LogP contribution in [0.15, 0.2) is 24.3 Å². The Labute approximate surface area is 143 Å². The highest BCUT2D eigenvalue weighted by Crippen LogP contribution is 2.20. The van der Waals surface area contributed by atoms with E-state index in [0.717, 1.165) is 51.3 Å². The average molecular weight is 334 g/mol. The maximum absolute atomic E-state index is 13.2. The van der Waals surface area contributed by atoms with Gasteiger partial charge < -0.3 is 14.5 Å². The average Bonchev–Trinajstić information content (AvgIpc) is 3.08. The molecule has 4 nitrogen and oxygen atoms in total. The monoisotopic (exact) mass is 334 g/mol. The van der Waals surface area contributed by atoms with Gasteiger partial charge >= 0.3 is 0 Å². The highest BCUT2D eigenvalue weighted by molar-refractivity contribution is 5.78. The molecule has 2 heterocycles. The van der Waals surface area contributed by atoms with Crippen molar-refractivity contribution in [2.45, 2.75) is 31.7 Å². The van der Waals surface area contributed by atoms with E-state index in [4.69, 9.17) is 4.74 Å². The number of carbonyl (C=O) groups is 1. The van der Waals surface area contributed by atoms with Gasteiger partial charge in [-0.25, -0.2) is 4.39 Å². The number of halogens is 1. The molecule has 1 amide bonds. The van der Waals surface area contributed by atoms with Gasteiger partial charge in [0.15, 0.2) is 0 Å². The third kappa shape index (κ3) is 4.54. The van der Waals surface area contributed by atoms with E-state index in [1.165, 1.54) is 18.6 Å². The first-order valence-corrected chi connectivity index (χ1v) is 8.92. The van der Waals surface area contributed by atoms with Crippen LogP contribution < -0.4 is 0 Å². The molecular formula is C19H27FN2O2. The molecule has 1 atom stereocenters. The Hall–Kier alpha value is -1.46. The highest BCUT2D eigenvalue weighted by Gasteiger charge is 2.27. The second-order valence-corrected chi connectivity index (χ2v) is 7.07. The quantitative estimate of drug-likeness (QED) is 0.828. The molecule has 0 aliphatic carbocycles. The summed E-state index contributed by atoms with van der Waals surface area (Å²) >= 11 is 0. The summed E-state index contributed by atoms with van der Waals surface area (Å²) < 4.78 is 18.7. The van der Waals surface area contributed by atoms with Gasteiger partial charge in [-0.2, -0.15) is 0 Å². The number of hydrogen-bond acceptors (Lipinski definition) is 3. The first-order valence-electron chi connectivity index (χ1n) is 8.92. The molecule has 2 aliphatic heterocycles. The van der Waals surface area contributed by atoms with Crippen molar-refractivity contribution in [2.24, 2.45) is 5.92 Å². The maximum Gasteiger partial charge on any atom is 0.226 e. The summed E-state index contributed by atoms with van der Waals surface area (Å²) in [5.74, 6) is 0.462. The summed E-state index contributed by atoms with van der Waals surface area (Å²) in [6.07, 6.45) is 3.47. The van der Waals surface area contributed by atoms with Crippen LogP contribution >= 0.6 is 0 Å². The Balaban J connectivity index is 1.45. The molecule has 132 valence electrons. The SMILES string of the molecule is CN(C(=O)Cc1cccc(F)c1)C1CCN(CC2CCOC2)CC1. The minimum Gasteiger partial charge on any atom is -0.381 e. The number of amides is 1. The zero-order chi connectivity index (χ0) is 16.9. The van der Waals surface area contributed by atoms with Gasteiger partial charge in [-0.3, -0.25) is 4.79 Å². The molecule has 0 N–H and O–H groups in total. The maximum atomic E-state index is 13.2. The molecular weight excluding hydrogens is 307 g/mol. The minimum atomic E-state index is -0.285. The molecule has 1 unspecified atom stereocenters. The highest BCUT2D eigenvalue weighted by atomic mass is 19.1. The Kier molecular flexibility index (Phi) is 5.85. The van der Waals surface area contributed by atoms with Crippen molar-refractivity contribution >= 4 is 5.91 Å². The van der Waals surface area contributed by atoms with Crippen LogP contribution in [0.4, 0.5) is 4.39 Å². The Morgan fingerprint density at radius 3 is 2.79 bits per heavy atom. The molecule has 0 bridgehead atoms. The summed E-state index contributed by atoms with van der Waals surface area (Å²) in [5, 5.41) is 0. The van der Waals surface area contributed by atoms with Gasteiger partial charge in [-0.05, 0) is 42.9 Å². The van der Waals surface area contributed by atoms with Crippen molar-refractivity contribution in [2.75, 3.05) is 39.9 Å². The molecule has 0 spiro atoms. The van der Waals surface area contributed by atoms with E-state index in [9.17, 15) is 9.18 Å². The van der Waals surface area contributed by atoms with Crippen LogP contribution in [0, 0.1) is 11.7 Å². The van der Waals surface area contributed by atoms with E-state index < -0.39 is 0 Å². The van der Waals surface area contributed by atoms with Crippen LogP contribution in [0.5, 0.6) is 0 Å². The lowest BCUT2D eigenvalue weighted by atomic mass is 10.0. The van der Waals surface area contributed by atoms with E-state index in [-0.39, 0.29) is 18.1 Å². The Bertz CT molecular complexity index is 552. The van der Waals surface area contributed by atoms with E-state index in [0.29, 0.717) is 12.0 Å². The molecule has 2 fully saturated rings. The van der Waals surface area contributed by atoms with Gasteiger partial charge in [0.05, 0.1) is 13.0 Å². The van der Waals surface area contributed by atoms with Crippen LogP contribution in [-0.2, 0) is 16.0 Å². The second kappa shape index (κ2) is 8.08. The number of hydrogen-bond donors (Lipinski definition) is 0. The predicted molar refractivity (Wildman–Crippen MR) is 91.3 cm³/mol. The number of carbonyl (C=O) groups excluding carboxylic acids is 1. The summed E-state index contributed by atoms with van der Waals surface area (Å²) in [6, 6.07) is 6.60. The smallest absolute Gasteiger partial charge is 0.226 e. The lowest BCUT2D eigenvalue weighted by molar-refractivity contribution is -0.132. The predicted octanol–water partition coefficient (Wildman–Crippen LogP) is 2.33. The number of benzene rings is 1. The summed E-state index contributed by atoms with van der Waals surface area (Å²) in [4.78, 5) is 16.8. The fourth-order valence-corrected chi connectivity index (χ4v) is 3.73. The molecule has 0 radical (unpaired) electrons. The van der Waals surface area contributed by atoms with Gasteiger partial charge in [0.25, 0.3) is 0 Å². The first kappa shape index (κ1) is 17.4. The number of rotatable bonds is 5. The molecule has 3 rings (SSSR count). The lowest BCUT2D eigenvalue weighted by Gasteiger charge is -2.37.